The summed E-state index contributed by atoms with van der Waals surface area (Å²) in [6, 6.07) is 5.66. The minimum Gasteiger partial charge on any atom is -0.367 e. The normalized spacial score (nSPS) is 19.9. The molecule has 2 rings (SSSR count). The van der Waals surface area contributed by atoms with Gasteiger partial charge in [0.1, 0.15) is 5.82 Å². The fraction of sp³-hybridized carbons (Fsp3) is 0.647. The van der Waals surface area contributed by atoms with E-state index >= 15 is 0 Å². The molecule has 0 amide bonds. The van der Waals surface area contributed by atoms with Crippen LogP contribution in [0.1, 0.15) is 39.7 Å². The van der Waals surface area contributed by atoms with Crippen LogP contribution in [0, 0.1) is 5.82 Å². The van der Waals surface area contributed by atoms with E-state index in [1.54, 1.807) is 6.07 Å². The van der Waals surface area contributed by atoms with Crippen molar-refractivity contribution in [2.45, 2.75) is 51.4 Å². The van der Waals surface area contributed by atoms with Gasteiger partial charge in [-0.05, 0) is 44.9 Å². The maximum absolute atomic E-state index is 14.4. The van der Waals surface area contributed by atoms with Gasteiger partial charge in [-0.1, -0.05) is 13.0 Å². The van der Waals surface area contributed by atoms with E-state index in [0.717, 1.165) is 36.5 Å². The van der Waals surface area contributed by atoms with E-state index < -0.39 is 0 Å². The predicted molar refractivity (Wildman–Crippen MR) is 91.7 cm³/mol. The third-order valence-corrected chi connectivity index (χ3v) is 5.14. The van der Waals surface area contributed by atoms with Crippen LogP contribution in [-0.4, -0.2) is 29.6 Å². The molecule has 0 bridgehead atoms. The molecule has 0 spiro atoms. The molecule has 1 heterocycles. The molecule has 1 aromatic rings. The molecule has 1 unspecified atom stereocenters. The molecule has 1 atom stereocenters. The van der Waals surface area contributed by atoms with E-state index in [0.29, 0.717) is 11.8 Å². The molecule has 21 heavy (non-hydrogen) atoms. The third kappa shape index (κ3) is 4.89. The second-order valence-electron chi connectivity index (χ2n) is 6.74. The van der Waals surface area contributed by atoms with Crippen molar-refractivity contribution in [3.8, 4) is 0 Å². The third-order valence-electron chi connectivity index (χ3n) is 3.77. The quantitative estimate of drug-likeness (QED) is 0.903. The first-order valence-electron chi connectivity index (χ1n) is 7.79. The van der Waals surface area contributed by atoms with Crippen LogP contribution in [0.3, 0.4) is 0 Å². The van der Waals surface area contributed by atoms with Crippen molar-refractivity contribution in [3.05, 3.63) is 29.6 Å². The SMILES string of the molecule is CCC1CN(c2ccc(CNC(C)(C)C)cc2F)CCS1. The number of hydrogen-bond donors (Lipinski definition) is 1. The Morgan fingerprint density at radius 2 is 2.14 bits per heavy atom. The van der Waals surface area contributed by atoms with Gasteiger partial charge in [0, 0.05) is 36.2 Å². The molecule has 1 saturated heterocycles. The van der Waals surface area contributed by atoms with Crippen molar-refractivity contribution in [1.29, 1.82) is 0 Å². The van der Waals surface area contributed by atoms with E-state index in [4.69, 9.17) is 0 Å². The van der Waals surface area contributed by atoms with Gasteiger partial charge in [-0.15, -0.1) is 0 Å². The maximum atomic E-state index is 14.4. The number of nitrogens with zero attached hydrogens (tertiary/aromatic N) is 1. The van der Waals surface area contributed by atoms with E-state index in [9.17, 15) is 4.39 Å². The van der Waals surface area contributed by atoms with E-state index in [-0.39, 0.29) is 11.4 Å². The van der Waals surface area contributed by atoms with Gasteiger partial charge in [0.05, 0.1) is 5.69 Å². The molecule has 2 nitrogen and oxygen atoms in total. The predicted octanol–water partition coefficient (Wildman–Crippen LogP) is 4.05. The summed E-state index contributed by atoms with van der Waals surface area (Å²) in [6.07, 6.45) is 1.15. The Morgan fingerprint density at radius 3 is 2.76 bits per heavy atom. The van der Waals surface area contributed by atoms with Gasteiger partial charge in [0.25, 0.3) is 0 Å². The molecule has 1 fully saturated rings. The smallest absolute Gasteiger partial charge is 0.146 e. The Labute approximate surface area is 132 Å². The lowest BCUT2D eigenvalue weighted by Gasteiger charge is -2.34. The number of hydrogen-bond acceptors (Lipinski definition) is 3. The minimum atomic E-state index is -0.0926. The fourth-order valence-corrected chi connectivity index (χ4v) is 3.65. The summed E-state index contributed by atoms with van der Waals surface area (Å²) in [5.41, 5.74) is 1.81. The Kier molecular flexibility index (Phi) is 5.55. The molecular formula is C17H27FN2S. The lowest BCUT2D eigenvalue weighted by molar-refractivity contribution is 0.423. The van der Waals surface area contributed by atoms with Gasteiger partial charge in [0.2, 0.25) is 0 Å². The molecular weight excluding hydrogens is 283 g/mol. The van der Waals surface area contributed by atoms with Crippen molar-refractivity contribution in [3.63, 3.8) is 0 Å². The average molecular weight is 310 g/mol. The molecule has 0 aliphatic carbocycles. The van der Waals surface area contributed by atoms with Crippen LogP contribution < -0.4 is 10.2 Å². The molecule has 0 radical (unpaired) electrons. The summed E-state index contributed by atoms with van der Waals surface area (Å²) in [5.74, 6) is 0.996. The van der Waals surface area contributed by atoms with Gasteiger partial charge >= 0.3 is 0 Å². The molecule has 0 aromatic heterocycles. The molecule has 0 saturated carbocycles. The van der Waals surface area contributed by atoms with Crippen molar-refractivity contribution in [2.75, 3.05) is 23.7 Å². The maximum Gasteiger partial charge on any atom is 0.146 e. The highest BCUT2D eigenvalue weighted by atomic mass is 32.2. The van der Waals surface area contributed by atoms with Crippen molar-refractivity contribution in [2.24, 2.45) is 0 Å². The highest BCUT2D eigenvalue weighted by Gasteiger charge is 2.21. The van der Waals surface area contributed by atoms with Crippen molar-refractivity contribution in [1.82, 2.24) is 5.32 Å². The lowest BCUT2D eigenvalue weighted by Crippen LogP contribution is -2.38. The van der Waals surface area contributed by atoms with E-state index in [1.807, 2.05) is 23.9 Å². The molecule has 1 aliphatic heterocycles. The number of thioether (sulfide) groups is 1. The molecule has 1 aliphatic rings. The van der Waals surface area contributed by atoms with Crippen molar-refractivity contribution < 1.29 is 4.39 Å². The standard InChI is InChI=1S/C17H27FN2S/c1-5-14-12-20(8-9-21-14)16-7-6-13(10-15(16)18)11-19-17(2,3)4/h6-7,10,14,19H,5,8-9,11-12H2,1-4H3. The van der Waals surface area contributed by atoms with Crippen LogP contribution in [0.15, 0.2) is 18.2 Å². The Bertz CT molecular complexity index is 470. The summed E-state index contributed by atoms with van der Waals surface area (Å²) < 4.78 is 14.4. The zero-order valence-corrected chi connectivity index (χ0v) is 14.4. The number of benzene rings is 1. The van der Waals surface area contributed by atoms with E-state index in [1.165, 1.54) is 0 Å². The van der Waals surface area contributed by atoms with Gasteiger partial charge in [-0.25, -0.2) is 4.39 Å². The summed E-state index contributed by atoms with van der Waals surface area (Å²) in [7, 11) is 0. The van der Waals surface area contributed by atoms with Gasteiger partial charge < -0.3 is 10.2 Å². The second kappa shape index (κ2) is 7.01. The molecule has 4 heteroatoms. The zero-order chi connectivity index (χ0) is 15.5. The Hall–Kier alpha value is -0.740. The van der Waals surface area contributed by atoms with Crippen LogP contribution >= 0.6 is 11.8 Å². The average Bonchev–Trinajstić information content (AvgIpc) is 2.44. The van der Waals surface area contributed by atoms with Gasteiger partial charge in [0.15, 0.2) is 0 Å². The number of nitrogens with one attached hydrogen (secondary N) is 1. The minimum absolute atomic E-state index is 0.0492. The number of halogens is 1. The summed E-state index contributed by atoms with van der Waals surface area (Å²) >= 11 is 2.01. The first kappa shape index (κ1) is 16.6. The monoisotopic (exact) mass is 310 g/mol. The summed E-state index contributed by atoms with van der Waals surface area (Å²) in [6.45, 7) is 11.2. The van der Waals surface area contributed by atoms with Crippen LogP contribution in [0.4, 0.5) is 10.1 Å². The molecule has 118 valence electrons. The van der Waals surface area contributed by atoms with E-state index in [2.05, 4.69) is 37.9 Å². The number of rotatable bonds is 4. The van der Waals surface area contributed by atoms with Crippen LogP contribution in [0.5, 0.6) is 0 Å². The topological polar surface area (TPSA) is 15.3 Å². The Morgan fingerprint density at radius 1 is 1.38 bits per heavy atom. The van der Waals surface area contributed by atoms with Crippen LogP contribution in [-0.2, 0) is 6.54 Å². The Balaban J connectivity index is 2.05. The summed E-state index contributed by atoms with van der Waals surface area (Å²) in [4.78, 5) is 2.20. The van der Waals surface area contributed by atoms with Crippen LogP contribution in [0.25, 0.3) is 0 Å². The number of anilines is 1. The van der Waals surface area contributed by atoms with Gasteiger partial charge in [-0.2, -0.15) is 11.8 Å². The lowest BCUT2D eigenvalue weighted by atomic mass is 10.1. The van der Waals surface area contributed by atoms with Crippen LogP contribution in [0.2, 0.25) is 0 Å². The fourth-order valence-electron chi connectivity index (χ4n) is 2.47. The second-order valence-corrected chi connectivity index (χ2v) is 8.14. The van der Waals surface area contributed by atoms with Gasteiger partial charge in [-0.3, -0.25) is 0 Å². The highest BCUT2D eigenvalue weighted by Crippen LogP contribution is 2.28. The molecule has 1 aromatic carbocycles. The molecule has 1 N–H and O–H groups in total. The highest BCUT2D eigenvalue weighted by molar-refractivity contribution is 8.00. The van der Waals surface area contributed by atoms with Crippen molar-refractivity contribution >= 4 is 17.4 Å². The zero-order valence-electron chi connectivity index (χ0n) is 13.6. The summed E-state index contributed by atoms with van der Waals surface area (Å²) in [5, 5.41) is 4.02. The first-order chi connectivity index (χ1) is 9.89. The first-order valence-corrected chi connectivity index (χ1v) is 8.84. The largest absolute Gasteiger partial charge is 0.367 e.